The molecule has 0 saturated heterocycles. The summed E-state index contributed by atoms with van der Waals surface area (Å²) in [4.78, 5) is 49.4. The first-order valence-electron chi connectivity index (χ1n) is 16.9. The number of amides is 1. The van der Waals surface area contributed by atoms with Crippen LogP contribution in [-0.2, 0) is 45.0 Å². The molecule has 52 heavy (non-hydrogen) atoms. The molecule has 1 amide bonds. The number of rotatable bonds is 7. The Morgan fingerprint density at radius 3 is 1.77 bits per heavy atom. The van der Waals surface area contributed by atoms with Crippen LogP contribution in [0.3, 0.4) is 0 Å². The van der Waals surface area contributed by atoms with Crippen LogP contribution in [0.1, 0.15) is 39.8 Å². The van der Waals surface area contributed by atoms with E-state index in [-0.39, 0.29) is 24.1 Å². The van der Waals surface area contributed by atoms with Crippen molar-refractivity contribution in [1.29, 1.82) is 0 Å². The molecule has 4 heterocycles. The van der Waals surface area contributed by atoms with Crippen LogP contribution in [-0.4, -0.2) is 23.6 Å². The van der Waals surface area contributed by atoms with Crippen LogP contribution in [0, 0.1) is 11.8 Å². The average molecular weight is 694 g/mol. The zero-order valence-electron chi connectivity index (χ0n) is 28.3. The molecule has 0 radical (unpaired) electrons. The normalized spacial score (nSPS) is 17.7. The van der Waals surface area contributed by atoms with Crippen LogP contribution in [0.5, 0.6) is 23.0 Å². The third kappa shape index (κ3) is 7.79. The Morgan fingerprint density at radius 1 is 0.635 bits per heavy atom. The smallest absolute Gasteiger partial charge is 0.324 e. The van der Waals surface area contributed by atoms with Crippen molar-refractivity contribution in [3.8, 4) is 23.0 Å². The summed E-state index contributed by atoms with van der Waals surface area (Å²) in [5.74, 6) is 0.736. The van der Waals surface area contributed by atoms with Gasteiger partial charge in [0.2, 0.25) is 5.91 Å². The van der Waals surface area contributed by atoms with Crippen LogP contribution >= 0.6 is 0 Å². The molecule has 8 rings (SSSR count). The lowest BCUT2D eigenvalue weighted by Crippen LogP contribution is -2.40. The van der Waals surface area contributed by atoms with E-state index >= 15 is 0 Å². The Hall–Kier alpha value is -6.48. The average Bonchev–Trinajstić information content (AvgIpc) is 3.13. The number of carbonyl (C=O) groups excluding carboxylic acids is 4. The van der Waals surface area contributed by atoms with Crippen LogP contribution < -0.4 is 24.3 Å². The first kappa shape index (κ1) is 34.0. The van der Waals surface area contributed by atoms with Gasteiger partial charge in [-0.2, -0.15) is 0 Å². The monoisotopic (exact) mass is 693 g/mol. The van der Waals surface area contributed by atoms with E-state index in [0.717, 1.165) is 33.4 Å². The van der Waals surface area contributed by atoms with Crippen LogP contribution in [0.15, 0.2) is 122 Å². The molecule has 0 spiro atoms. The fourth-order valence-electron chi connectivity index (χ4n) is 6.37. The molecular weight excluding hydrogens is 658 g/mol. The van der Waals surface area contributed by atoms with Crippen molar-refractivity contribution in [1.82, 2.24) is 5.32 Å². The largest absolute Gasteiger partial charge is 0.457 e. The maximum atomic E-state index is 12.5. The van der Waals surface area contributed by atoms with Gasteiger partial charge in [-0.05, 0) is 71.5 Å². The van der Waals surface area contributed by atoms with E-state index in [9.17, 15) is 19.2 Å². The zero-order chi connectivity index (χ0) is 36.2. The molecule has 4 aliphatic heterocycles. The number of ether oxygens (including phenoxy) is 4. The van der Waals surface area contributed by atoms with Crippen molar-refractivity contribution in [2.75, 3.05) is 0 Å². The Morgan fingerprint density at radius 2 is 1.17 bits per heavy atom. The number of fused-ring (bicyclic) bond motifs is 4. The second-order valence-electron chi connectivity index (χ2n) is 12.9. The molecule has 0 aliphatic carbocycles. The summed E-state index contributed by atoms with van der Waals surface area (Å²) in [5, 5.41) is 2.81. The van der Waals surface area contributed by atoms with Gasteiger partial charge in [-0.25, -0.2) is 0 Å². The highest BCUT2D eigenvalue weighted by Gasteiger charge is 2.35. The number of ketones is 1. The topological polar surface area (TPSA) is 117 Å². The van der Waals surface area contributed by atoms with E-state index in [1.807, 2.05) is 84.9 Å². The number of esters is 2. The molecule has 9 nitrogen and oxygen atoms in total. The Balaban J connectivity index is 0.000000162. The lowest BCUT2D eigenvalue weighted by molar-refractivity contribution is -0.146. The standard InChI is InChI=1S/C22H18O4.C21H17NO4/c1-14-7-8-16-10-17-11-18(22(24)26-21(17)13-20(16)25-14)12-19(23)9-15-5-3-2-4-6-15;1-13-7-8-15-9-16-10-17(21(24)26-19(16)11-18(15)25-13)20(23)22-12-14-5-3-2-4-6-14/h2-8,10,13,18H,1,9,11-12H2;2-9,11,17H,1,10,12H2,(H,22,23). The fraction of sp³-hybridized carbons (Fsp3) is 0.163. The lowest BCUT2D eigenvalue weighted by atomic mass is 9.89. The number of hydrogen-bond acceptors (Lipinski definition) is 8. The minimum absolute atomic E-state index is 0.0408. The molecule has 4 aliphatic rings. The molecule has 0 aromatic heterocycles. The molecule has 0 saturated carbocycles. The maximum Gasteiger partial charge on any atom is 0.324 e. The van der Waals surface area contributed by atoms with Gasteiger partial charge in [0.1, 0.15) is 46.2 Å². The second-order valence-corrected chi connectivity index (χ2v) is 12.9. The number of nitrogens with one attached hydrogen (secondary N) is 1. The van der Waals surface area contributed by atoms with Crippen molar-refractivity contribution in [3.63, 3.8) is 0 Å². The van der Waals surface area contributed by atoms with Gasteiger partial charge in [0.05, 0.1) is 5.92 Å². The number of allylic oxidation sites excluding steroid dienone is 2. The molecule has 9 heteroatoms. The van der Waals surface area contributed by atoms with E-state index in [4.69, 9.17) is 18.9 Å². The van der Waals surface area contributed by atoms with Crippen molar-refractivity contribution in [2.24, 2.45) is 11.8 Å². The molecule has 260 valence electrons. The number of Topliss-reactive ketones (excluding diaryl/α,β-unsaturated/α-hetero) is 1. The van der Waals surface area contributed by atoms with Crippen LogP contribution in [0.2, 0.25) is 0 Å². The van der Waals surface area contributed by atoms with Gasteiger partial charge in [-0.3, -0.25) is 19.2 Å². The maximum absolute atomic E-state index is 12.5. The minimum atomic E-state index is -0.854. The highest BCUT2D eigenvalue weighted by molar-refractivity contribution is 6.00. The van der Waals surface area contributed by atoms with Crippen LogP contribution in [0.4, 0.5) is 0 Å². The molecule has 4 aromatic carbocycles. The molecule has 1 N–H and O–H groups in total. The highest BCUT2D eigenvalue weighted by atomic mass is 16.5. The van der Waals surface area contributed by atoms with Crippen LogP contribution in [0.25, 0.3) is 12.2 Å². The summed E-state index contributed by atoms with van der Waals surface area (Å²) >= 11 is 0. The predicted octanol–water partition coefficient (Wildman–Crippen LogP) is 6.89. The summed E-state index contributed by atoms with van der Waals surface area (Å²) in [7, 11) is 0. The van der Waals surface area contributed by atoms with Gasteiger partial charge in [-0.15, -0.1) is 0 Å². The van der Waals surface area contributed by atoms with E-state index in [0.29, 0.717) is 60.3 Å². The first-order valence-corrected chi connectivity index (χ1v) is 16.9. The summed E-state index contributed by atoms with van der Waals surface area (Å²) < 4.78 is 22.0. The van der Waals surface area contributed by atoms with E-state index < -0.39 is 17.8 Å². The summed E-state index contributed by atoms with van der Waals surface area (Å²) in [6, 6.07) is 26.3. The van der Waals surface area contributed by atoms with E-state index in [2.05, 4.69) is 18.5 Å². The molecule has 0 fully saturated rings. The van der Waals surface area contributed by atoms with Gasteiger partial charge >= 0.3 is 11.9 Å². The Bertz CT molecular complexity index is 2170. The van der Waals surface area contributed by atoms with Gasteiger partial charge < -0.3 is 24.3 Å². The lowest BCUT2D eigenvalue weighted by Gasteiger charge is -2.25. The fourth-order valence-corrected chi connectivity index (χ4v) is 6.37. The van der Waals surface area contributed by atoms with Crippen molar-refractivity contribution in [2.45, 2.75) is 32.2 Å². The molecule has 4 aromatic rings. The second kappa shape index (κ2) is 14.8. The summed E-state index contributed by atoms with van der Waals surface area (Å²) in [6.07, 6.45) is 8.70. The zero-order valence-corrected chi connectivity index (χ0v) is 28.3. The summed E-state index contributed by atoms with van der Waals surface area (Å²) in [5.41, 5.74) is 5.45. The van der Waals surface area contributed by atoms with E-state index in [1.54, 1.807) is 24.3 Å². The summed E-state index contributed by atoms with van der Waals surface area (Å²) in [6.45, 7) is 7.89. The number of benzene rings is 4. The Kier molecular flexibility index (Phi) is 9.66. The third-order valence-corrected chi connectivity index (χ3v) is 9.04. The van der Waals surface area contributed by atoms with Crippen molar-refractivity contribution >= 4 is 35.8 Å². The van der Waals surface area contributed by atoms with E-state index in [1.165, 1.54) is 0 Å². The van der Waals surface area contributed by atoms with Gasteiger partial charge in [0.25, 0.3) is 0 Å². The number of carbonyl (C=O) groups is 4. The number of hydrogen-bond donors (Lipinski definition) is 1. The highest BCUT2D eigenvalue weighted by Crippen LogP contribution is 2.39. The molecule has 0 bridgehead atoms. The molecular formula is C43H35NO8. The minimum Gasteiger partial charge on any atom is -0.457 e. The predicted molar refractivity (Wildman–Crippen MR) is 194 cm³/mol. The van der Waals surface area contributed by atoms with Gasteiger partial charge in [0.15, 0.2) is 0 Å². The third-order valence-electron chi connectivity index (χ3n) is 9.04. The molecule has 2 atom stereocenters. The molecule has 2 unspecified atom stereocenters. The van der Waals surface area contributed by atoms with Gasteiger partial charge in [-0.1, -0.05) is 73.8 Å². The van der Waals surface area contributed by atoms with Crippen molar-refractivity contribution in [3.05, 3.63) is 155 Å². The quantitative estimate of drug-likeness (QED) is 0.127. The SMILES string of the molecule is C=C1C=Cc2cc3c(cc2O1)OC(=O)C(C(=O)NCc1ccccc1)C3.C=C1C=Cc2cc3c(cc2O1)OC(=O)C(CC(=O)Cc1ccccc1)C3. The van der Waals surface area contributed by atoms with Crippen molar-refractivity contribution < 1.29 is 38.1 Å². The van der Waals surface area contributed by atoms with Gasteiger partial charge in [0, 0.05) is 42.6 Å². The first-order chi connectivity index (χ1) is 25.2. The Labute approximate surface area is 300 Å².